The van der Waals surface area contributed by atoms with Crippen molar-refractivity contribution in [2.45, 2.75) is 4.75 Å². The summed E-state index contributed by atoms with van der Waals surface area (Å²) in [6.45, 7) is 0.478. The van der Waals surface area contributed by atoms with Gasteiger partial charge >= 0.3 is 0 Å². The Morgan fingerprint density at radius 2 is 1.33 bits per heavy atom. The Labute approximate surface area is 213 Å². The number of carbonyl (C=O) groups excluding carboxylic acids is 1. The molecule has 1 amide bonds. The average molecular weight is 492 g/mol. The molecule has 178 valence electrons. The Balaban J connectivity index is 1.40. The standard InChI is InChI=1S/C30H25N3O2S/c34-29(27-21-22-11-10-18-26(33-35)28(22)32-27)31-19-20-36-30(23-12-4-1-5-13-23,24-14-6-2-7-15-24)25-16-8-3-9-17-25/h1-18,21,32H,19-20H2,(H,31,34). The number of aromatic nitrogens is 1. The predicted molar refractivity (Wildman–Crippen MR) is 148 cm³/mol. The minimum absolute atomic E-state index is 0.214. The van der Waals surface area contributed by atoms with E-state index in [0.29, 0.717) is 29.2 Å². The van der Waals surface area contributed by atoms with E-state index in [2.05, 4.69) is 88.3 Å². The molecule has 0 aliphatic carbocycles. The number of nitrogens with zero attached hydrogens (tertiary/aromatic N) is 1. The fourth-order valence-corrected chi connectivity index (χ4v) is 5.99. The van der Waals surface area contributed by atoms with Gasteiger partial charge < -0.3 is 10.3 Å². The van der Waals surface area contributed by atoms with Crippen LogP contribution in [0, 0.1) is 4.91 Å². The number of fused-ring (bicyclic) bond motifs is 1. The Morgan fingerprint density at radius 3 is 1.86 bits per heavy atom. The molecule has 0 aliphatic heterocycles. The van der Waals surface area contributed by atoms with E-state index in [1.165, 1.54) is 16.7 Å². The molecule has 0 fully saturated rings. The van der Waals surface area contributed by atoms with Crippen LogP contribution in [0.1, 0.15) is 27.2 Å². The van der Waals surface area contributed by atoms with E-state index in [4.69, 9.17) is 0 Å². The van der Waals surface area contributed by atoms with E-state index >= 15 is 0 Å². The first kappa shape index (κ1) is 23.6. The lowest BCUT2D eigenvalue weighted by Crippen LogP contribution is -2.30. The topological polar surface area (TPSA) is 74.3 Å². The van der Waals surface area contributed by atoms with Crippen LogP contribution in [0.5, 0.6) is 0 Å². The summed E-state index contributed by atoms with van der Waals surface area (Å²) in [7, 11) is 0. The number of carbonyl (C=O) groups is 1. The summed E-state index contributed by atoms with van der Waals surface area (Å²) >= 11 is 1.80. The van der Waals surface area contributed by atoms with E-state index in [1.54, 1.807) is 30.0 Å². The maximum atomic E-state index is 12.9. The number of amides is 1. The number of nitrogens with one attached hydrogen (secondary N) is 2. The molecule has 5 rings (SSSR count). The normalized spacial score (nSPS) is 11.3. The van der Waals surface area contributed by atoms with Gasteiger partial charge in [-0.1, -0.05) is 103 Å². The number of thioether (sulfide) groups is 1. The molecule has 0 saturated carbocycles. The third-order valence-corrected chi connectivity index (χ3v) is 7.77. The Morgan fingerprint density at radius 1 is 0.778 bits per heavy atom. The summed E-state index contributed by atoms with van der Waals surface area (Å²) in [6.07, 6.45) is 0. The van der Waals surface area contributed by atoms with E-state index in [-0.39, 0.29) is 5.91 Å². The summed E-state index contributed by atoms with van der Waals surface area (Å²) in [6, 6.07) is 38.4. The molecule has 1 aromatic heterocycles. The molecular formula is C30H25N3O2S. The lowest BCUT2D eigenvalue weighted by molar-refractivity contribution is 0.0952. The number of para-hydroxylation sites is 1. The zero-order valence-electron chi connectivity index (χ0n) is 19.6. The second-order valence-corrected chi connectivity index (χ2v) is 9.71. The van der Waals surface area contributed by atoms with Crippen molar-refractivity contribution in [3.63, 3.8) is 0 Å². The molecule has 0 unspecified atom stereocenters. The van der Waals surface area contributed by atoms with Crippen LogP contribution in [0.4, 0.5) is 5.69 Å². The largest absolute Gasteiger partial charge is 0.350 e. The smallest absolute Gasteiger partial charge is 0.267 e. The molecular weight excluding hydrogens is 466 g/mol. The van der Waals surface area contributed by atoms with E-state index in [0.717, 1.165) is 5.39 Å². The van der Waals surface area contributed by atoms with Crippen molar-refractivity contribution in [2.75, 3.05) is 12.3 Å². The van der Waals surface area contributed by atoms with Crippen molar-refractivity contribution in [3.05, 3.63) is 143 Å². The van der Waals surface area contributed by atoms with Crippen LogP contribution in [-0.4, -0.2) is 23.2 Å². The van der Waals surface area contributed by atoms with Crippen molar-refractivity contribution < 1.29 is 4.79 Å². The molecule has 0 radical (unpaired) electrons. The van der Waals surface area contributed by atoms with Gasteiger partial charge in [0.15, 0.2) is 0 Å². The number of H-pyrrole nitrogens is 1. The van der Waals surface area contributed by atoms with Crippen LogP contribution < -0.4 is 5.32 Å². The lowest BCUT2D eigenvalue weighted by atomic mass is 9.84. The number of rotatable bonds is 9. The van der Waals surface area contributed by atoms with Crippen LogP contribution in [0.3, 0.4) is 0 Å². The van der Waals surface area contributed by atoms with Gasteiger partial charge in [0.25, 0.3) is 5.91 Å². The van der Waals surface area contributed by atoms with Crippen molar-refractivity contribution in [3.8, 4) is 0 Å². The van der Waals surface area contributed by atoms with Gasteiger partial charge in [-0.2, -0.15) is 0 Å². The minimum Gasteiger partial charge on any atom is -0.350 e. The molecule has 0 bridgehead atoms. The van der Waals surface area contributed by atoms with E-state index in [9.17, 15) is 9.70 Å². The summed E-state index contributed by atoms with van der Waals surface area (Å²) in [5, 5.41) is 6.85. The second kappa shape index (κ2) is 10.6. The van der Waals surface area contributed by atoms with Gasteiger partial charge in [0.1, 0.15) is 11.4 Å². The van der Waals surface area contributed by atoms with E-state index in [1.807, 2.05) is 24.3 Å². The summed E-state index contributed by atoms with van der Waals surface area (Å²) in [5.41, 5.74) is 4.82. The Bertz CT molecular complexity index is 1370. The van der Waals surface area contributed by atoms with Gasteiger partial charge in [0.05, 0.1) is 10.3 Å². The molecule has 0 aliphatic rings. The Hall–Kier alpha value is -4.16. The van der Waals surface area contributed by atoms with Gasteiger partial charge in [0.2, 0.25) is 0 Å². The van der Waals surface area contributed by atoms with Crippen LogP contribution in [0.15, 0.2) is 120 Å². The first-order chi connectivity index (χ1) is 17.7. The highest BCUT2D eigenvalue weighted by atomic mass is 32.2. The SMILES string of the molecule is O=Nc1cccc2cc(C(=O)NCCSC(c3ccccc3)(c3ccccc3)c3ccccc3)[nH]c12. The fraction of sp³-hybridized carbons (Fsp3) is 0.100. The summed E-state index contributed by atoms with van der Waals surface area (Å²) in [4.78, 5) is 27.0. The molecule has 4 aromatic carbocycles. The van der Waals surface area contributed by atoms with Crippen molar-refractivity contribution in [1.82, 2.24) is 10.3 Å². The van der Waals surface area contributed by atoms with Gasteiger partial charge in [-0.3, -0.25) is 4.79 Å². The number of nitroso groups, excluding NO2 is 1. The summed E-state index contributed by atoms with van der Waals surface area (Å²) < 4.78 is -0.430. The summed E-state index contributed by atoms with van der Waals surface area (Å²) in [5.74, 6) is 0.472. The molecule has 2 N–H and O–H groups in total. The molecule has 1 heterocycles. The van der Waals surface area contributed by atoms with Crippen molar-refractivity contribution >= 4 is 34.3 Å². The Kier molecular flexibility index (Phi) is 6.96. The predicted octanol–water partition coefficient (Wildman–Crippen LogP) is 7.02. The number of hydrogen-bond donors (Lipinski definition) is 2. The van der Waals surface area contributed by atoms with Gasteiger partial charge in [-0.05, 0) is 34.0 Å². The third kappa shape index (κ3) is 4.55. The van der Waals surface area contributed by atoms with Crippen LogP contribution >= 0.6 is 11.8 Å². The number of hydrogen-bond acceptors (Lipinski definition) is 4. The van der Waals surface area contributed by atoms with Gasteiger partial charge in [0, 0.05) is 17.7 Å². The highest BCUT2D eigenvalue weighted by Gasteiger charge is 2.36. The van der Waals surface area contributed by atoms with Crippen LogP contribution in [-0.2, 0) is 4.75 Å². The highest BCUT2D eigenvalue weighted by Crippen LogP contribution is 2.48. The first-order valence-electron chi connectivity index (χ1n) is 11.8. The monoisotopic (exact) mass is 491 g/mol. The molecule has 0 atom stereocenters. The number of aromatic amines is 1. The van der Waals surface area contributed by atoms with Gasteiger partial charge in [-0.15, -0.1) is 16.7 Å². The lowest BCUT2D eigenvalue weighted by Gasteiger charge is -2.35. The van der Waals surface area contributed by atoms with Crippen molar-refractivity contribution in [2.24, 2.45) is 5.18 Å². The van der Waals surface area contributed by atoms with E-state index < -0.39 is 4.75 Å². The molecule has 0 spiro atoms. The molecule has 6 heteroatoms. The zero-order valence-corrected chi connectivity index (χ0v) is 20.4. The van der Waals surface area contributed by atoms with Gasteiger partial charge in [-0.25, -0.2) is 0 Å². The molecule has 5 aromatic rings. The third-order valence-electron chi connectivity index (χ3n) is 6.22. The molecule has 0 saturated heterocycles. The van der Waals surface area contributed by atoms with Crippen LogP contribution in [0.25, 0.3) is 10.9 Å². The first-order valence-corrected chi connectivity index (χ1v) is 12.7. The van der Waals surface area contributed by atoms with Crippen LogP contribution in [0.2, 0.25) is 0 Å². The highest BCUT2D eigenvalue weighted by molar-refractivity contribution is 8.00. The second-order valence-electron chi connectivity index (χ2n) is 8.40. The maximum absolute atomic E-state index is 12.9. The maximum Gasteiger partial charge on any atom is 0.267 e. The zero-order chi connectivity index (χ0) is 24.8. The average Bonchev–Trinajstić information content (AvgIpc) is 3.39. The minimum atomic E-state index is -0.430. The van der Waals surface area contributed by atoms with Crippen molar-refractivity contribution in [1.29, 1.82) is 0 Å². The quantitative estimate of drug-likeness (QED) is 0.132. The fourth-order valence-electron chi connectivity index (χ4n) is 4.57. The molecule has 36 heavy (non-hydrogen) atoms. The molecule has 5 nitrogen and oxygen atoms in total. The number of benzene rings is 4.